The van der Waals surface area contributed by atoms with Gasteiger partial charge in [0, 0.05) is 24.6 Å². The Morgan fingerprint density at radius 2 is 1.93 bits per heavy atom. The number of hydrogen-bond acceptors (Lipinski definition) is 7. The van der Waals surface area contributed by atoms with Crippen molar-refractivity contribution in [1.82, 2.24) is 26.0 Å². The number of aromatic nitrogens is 3. The van der Waals surface area contributed by atoms with Gasteiger partial charge < -0.3 is 9.26 Å². The van der Waals surface area contributed by atoms with Crippen molar-refractivity contribution >= 4 is 11.8 Å². The van der Waals surface area contributed by atoms with Crippen LogP contribution >= 0.6 is 0 Å². The zero-order chi connectivity index (χ0) is 19.8. The van der Waals surface area contributed by atoms with Crippen molar-refractivity contribution in [2.45, 2.75) is 19.8 Å². The van der Waals surface area contributed by atoms with Gasteiger partial charge in [0.2, 0.25) is 17.6 Å². The summed E-state index contributed by atoms with van der Waals surface area (Å²) in [5.74, 6) is 0.546. The Hall–Kier alpha value is -3.75. The van der Waals surface area contributed by atoms with Crippen LogP contribution < -0.4 is 15.6 Å². The van der Waals surface area contributed by atoms with Gasteiger partial charge in [0.25, 0.3) is 5.91 Å². The van der Waals surface area contributed by atoms with E-state index in [-0.39, 0.29) is 18.7 Å². The van der Waals surface area contributed by atoms with Gasteiger partial charge in [-0.1, -0.05) is 11.2 Å². The van der Waals surface area contributed by atoms with Gasteiger partial charge in [-0.15, -0.1) is 0 Å². The molecule has 9 heteroatoms. The molecule has 0 aliphatic carbocycles. The van der Waals surface area contributed by atoms with E-state index in [9.17, 15) is 9.59 Å². The molecule has 2 N–H and O–H groups in total. The van der Waals surface area contributed by atoms with E-state index in [2.05, 4.69) is 26.0 Å². The predicted octanol–water partition coefficient (Wildman–Crippen LogP) is 1.92. The molecule has 0 saturated carbocycles. The van der Waals surface area contributed by atoms with Crippen LogP contribution in [0.1, 0.15) is 29.6 Å². The third-order valence-corrected chi connectivity index (χ3v) is 3.67. The van der Waals surface area contributed by atoms with Gasteiger partial charge in [-0.05, 0) is 43.3 Å². The Bertz CT molecular complexity index is 925. The lowest BCUT2D eigenvalue weighted by atomic mass is 10.2. The summed E-state index contributed by atoms with van der Waals surface area (Å²) in [5.41, 5.74) is 5.71. The van der Waals surface area contributed by atoms with Crippen LogP contribution in [0.4, 0.5) is 0 Å². The number of carbonyl (C=O) groups is 2. The Morgan fingerprint density at radius 3 is 2.64 bits per heavy atom. The molecule has 0 unspecified atom stereocenters. The number of ether oxygens (including phenoxy) is 1. The standard InChI is InChI=1S/C19H19N5O4/c1-2-27-14-8-6-13(7-9-14)19(26)23-22-16(25)10-11-17-21-18(24-28-17)15-5-3-4-12-20-15/h3-9,12H,2,10-11H2,1H3,(H,22,25)(H,23,26). The molecular weight excluding hydrogens is 362 g/mol. The summed E-state index contributed by atoms with van der Waals surface area (Å²) in [6.07, 6.45) is 1.95. The zero-order valence-corrected chi connectivity index (χ0v) is 15.2. The molecule has 0 fully saturated rings. The number of carbonyl (C=O) groups excluding carboxylic acids is 2. The molecule has 1 aromatic carbocycles. The van der Waals surface area contributed by atoms with Crippen LogP contribution in [0, 0.1) is 0 Å². The highest BCUT2D eigenvalue weighted by Gasteiger charge is 2.12. The summed E-state index contributed by atoms with van der Waals surface area (Å²) in [4.78, 5) is 32.3. The number of nitrogens with one attached hydrogen (secondary N) is 2. The molecule has 0 aliphatic rings. The monoisotopic (exact) mass is 381 g/mol. The fourth-order valence-corrected chi connectivity index (χ4v) is 2.31. The predicted molar refractivity (Wildman–Crippen MR) is 99.1 cm³/mol. The van der Waals surface area contributed by atoms with Gasteiger partial charge in [-0.25, -0.2) is 0 Å². The maximum Gasteiger partial charge on any atom is 0.269 e. The fourth-order valence-electron chi connectivity index (χ4n) is 2.31. The molecule has 3 rings (SSSR count). The van der Waals surface area contributed by atoms with E-state index in [0.29, 0.717) is 35.3 Å². The second-order valence-corrected chi connectivity index (χ2v) is 5.69. The lowest BCUT2D eigenvalue weighted by Crippen LogP contribution is -2.41. The van der Waals surface area contributed by atoms with Crippen LogP contribution in [0.25, 0.3) is 11.5 Å². The Balaban J connectivity index is 1.44. The fraction of sp³-hybridized carbons (Fsp3) is 0.211. The average molecular weight is 381 g/mol. The van der Waals surface area contributed by atoms with Crippen LogP contribution in [0.5, 0.6) is 5.75 Å². The summed E-state index contributed by atoms with van der Waals surface area (Å²) < 4.78 is 10.4. The van der Waals surface area contributed by atoms with Crippen molar-refractivity contribution in [3.05, 3.63) is 60.1 Å². The minimum atomic E-state index is -0.424. The Kier molecular flexibility index (Phi) is 6.29. The summed E-state index contributed by atoms with van der Waals surface area (Å²) in [5, 5.41) is 3.84. The van der Waals surface area contributed by atoms with Crippen LogP contribution in [-0.4, -0.2) is 33.5 Å². The third-order valence-electron chi connectivity index (χ3n) is 3.67. The molecule has 0 spiro atoms. The van der Waals surface area contributed by atoms with Gasteiger partial charge in [-0.2, -0.15) is 4.98 Å². The van der Waals surface area contributed by atoms with E-state index in [1.807, 2.05) is 13.0 Å². The van der Waals surface area contributed by atoms with Crippen molar-refractivity contribution in [2.75, 3.05) is 6.61 Å². The summed E-state index contributed by atoms with van der Waals surface area (Å²) in [7, 11) is 0. The van der Waals surface area contributed by atoms with Gasteiger partial charge in [0.15, 0.2) is 0 Å². The minimum Gasteiger partial charge on any atom is -0.494 e. The summed E-state index contributed by atoms with van der Waals surface area (Å²) in [6.45, 7) is 2.43. The average Bonchev–Trinajstić information content (AvgIpc) is 3.21. The van der Waals surface area contributed by atoms with Crippen molar-refractivity contribution in [3.8, 4) is 17.3 Å². The van der Waals surface area contributed by atoms with Gasteiger partial charge in [-0.3, -0.25) is 25.4 Å². The zero-order valence-electron chi connectivity index (χ0n) is 15.2. The number of hydrogen-bond donors (Lipinski definition) is 2. The van der Waals surface area contributed by atoms with E-state index in [0.717, 1.165) is 0 Å². The highest BCUT2D eigenvalue weighted by molar-refractivity contribution is 5.95. The molecule has 2 aromatic heterocycles. The number of aryl methyl sites for hydroxylation is 1. The first-order chi connectivity index (χ1) is 13.7. The molecule has 0 bridgehead atoms. The number of hydrazine groups is 1. The van der Waals surface area contributed by atoms with Crippen molar-refractivity contribution in [3.63, 3.8) is 0 Å². The molecule has 0 aliphatic heterocycles. The molecule has 0 radical (unpaired) electrons. The quantitative estimate of drug-likeness (QED) is 0.600. The number of rotatable bonds is 7. The molecular formula is C19H19N5O4. The van der Waals surface area contributed by atoms with E-state index >= 15 is 0 Å². The SMILES string of the molecule is CCOc1ccc(C(=O)NNC(=O)CCc2nc(-c3ccccn3)no2)cc1. The Labute approximate surface area is 161 Å². The largest absolute Gasteiger partial charge is 0.494 e. The second kappa shape index (κ2) is 9.26. The maximum atomic E-state index is 12.0. The normalized spacial score (nSPS) is 10.3. The maximum absolute atomic E-state index is 12.0. The first kappa shape index (κ1) is 19.0. The number of benzene rings is 1. The highest BCUT2D eigenvalue weighted by atomic mass is 16.5. The molecule has 144 valence electrons. The van der Waals surface area contributed by atoms with E-state index < -0.39 is 5.91 Å². The van der Waals surface area contributed by atoms with Gasteiger partial charge in [0.05, 0.1) is 6.61 Å². The first-order valence-electron chi connectivity index (χ1n) is 8.71. The van der Waals surface area contributed by atoms with Gasteiger partial charge >= 0.3 is 0 Å². The Morgan fingerprint density at radius 1 is 1.11 bits per heavy atom. The van der Waals surface area contributed by atoms with Crippen LogP contribution in [0.3, 0.4) is 0 Å². The van der Waals surface area contributed by atoms with Crippen LogP contribution in [0.2, 0.25) is 0 Å². The third kappa shape index (κ3) is 5.13. The smallest absolute Gasteiger partial charge is 0.269 e. The van der Waals surface area contributed by atoms with E-state index in [1.54, 1.807) is 42.6 Å². The van der Waals surface area contributed by atoms with E-state index in [1.165, 1.54) is 0 Å². The first-order valence-corrected chi connectivity index (χ1v) is 8.71. The van der Waals surface area contributed by atoms with Gasteiger partial charge in [0.1, 0.15) is 11.4 Å². The van der Waals surface area contributed by atoms with Crippen molar-refractivity contribution in [2.24, 2.45) is 0 Å². The lowest BCUT2D eigenvalue weighted by molar-refractivity contribution is -0.121. The number of nitrogens with zero attached hydrogens (tertiary/aromatic N) is 3. The second-order valence-electron chi connectivity index (χ2n) is 5.69. The highest BCUT2D eigenvalue weighted by Crippen LogP contribution is 2.13. The molecule has 28 heavy (non-hydrogen) atoms. The molecule has 2 heterocycles. The molecule has 9 nitrogen and oxygen atoms in total. The molecule has 0 atom stereocenters. The summed E-state index contributed by atoms with van der Waals surface area (Å²) in [6, 6.07) is 12.0. The number of amides is 2. The van der Waals surface area contributed by atoms with Crippen molar-refractivity contribution in [1.29, 1.82) is 0 Å². The molecule has 3 aromatic rings. The van der Waals surface area contributed by atoms with Crippen LogP contribution in [0.15, 0.2) is 53.2 Å². The minimum absolute atomic E-state index is 0.0768. The van der Waals surface area contributed by atoms with E-state index in [4.69, 9.17) is 9.26 Å². The molecule has 2 amide bonds. The topological polar surface area (TPSA) is 119 Å². The van der Waals surface area contributed by atoms with Crippen molar-refractivity contribution < 1.29 is 18.8 Å². The van der Waals surface area contributed by atoms with Crippen LogP contribution in [-0.2, 0) is 11.2 Å². The molecule has 0 saturated heterocycles. The lowest BCUT2D eigenvalue weighted by Gasteiger charge is -2.07. The number of pyridine rings is 1. The summed E-state index contributed by atoms with van der Waals surface area (Å²) >= 11 is 0.